The maximum atomic E-state index is 11.5. The third-order valence-corrected chi connectivity index (χ3v) is 2.14. The van der Waals surface area contributed by atoms with Crippen LogP contribution in [0.4, 0.5) is 0 Å². The number of hydrogen-bond acceptors (Lipinski definition) is 3. The van der Waals surface area contributed by atoms with Crippen LogP contribution in [0.2, 0.25) is 0 Å². The molecule has 17 heavy (non-hydrogen) atoms. The molecule has 6 heteroatoms. The van der Waals surface area contributed by atoms with Crippen molar-refractivity contribution >= 4 is 11.9 Å². The molecule has 0 aliphatic carbocycles. The maximum Gasteiger partial charge on any atom is 0.352 e. The predicted octanol–water partition coefficient (Wildman–Crippen LogP) is 0.339. The zero-order chi connectivity index (χ0) is 12.7. The van der Waals surface area contributed by atoms with E-state index in [4.69, 9.17) is 9.84 Å². The first kappa shape index (κ1) is 13.2. The molecular weight excluding hydrogens is 224 g/mol. The quantitative estimate of drug-likeness (QED) is 0.673. The topological polar surface area (TPSA) is 80.6 Å². The first-order valence-corrected chi connectivity index (χ1v) is 5.38. The summed E-state index contributed by atoms with van der Waals surface area (Å²) < 4.78 is 6.45. The standard InChI is InChI=1S/C11H16N2O4/c1-2-17-7-5-12-10(14)8-13-6-3-4-9(13)11(15)16/h3-4,6H,2,5,7-8H2,1H3,(H,12,14)(H,15,16). The second-order valence-corrected chi connectivity index (χ2v) is 3.37. The highest BCUT2D eigenvalue weighted by Gasteiger charge is 2.10. The molecule has 0 fully saturated rings. The van der Waals surface area contributed by atoms with Gasteiger partial charge in [-0.2, -0.15) is 0 Å². The fourth-order valence-corrected chi connectivity index (χ4v) is 1.36. The molecule has 2 N–H and O–H groups in total. The zero-order valence-corrected chi connectivity index (χ0v) is 9.68. The Labute approximate surface area is 99.2 Å². The molecule has 94 valence electrons. The van der Waals surface area contributed by atoms with Gasteiger partial charge >= 0.3 is 5.97 Å². The molecule has 0 unspecified atom stereocenters. The lowest BCUT2D eigenvalue weighted by Gasteiger charge is -2.07. The molecule has 6 nitrogen and oxygen atoms in total. The van der Waals surface area contributed by atoms with Gasteiger partial charge in [0.1, 0.15) is 12.2 Å². The molecule has 0 atom stereocenters. The van der Waals surface area contributed by atoms with Crippen LogP contribution in [-0.2, 0) is 16.1 Å². The lowest BCUT2D eigenvalue weighted by atomic mass is 10.4. The van der Waals surface area contributed by atoms with Gasteiger partial charge in [-0.1, -0.05) is 0 Å². The van der Waals surface area contributed by atoms with Gasteiger partial charge < -0.3 is 19.7 Å². The molecule has 0 radical (unpaired) electrons. The number of rotatable bonds is 7. The van der Waals surface area contributed by atoms with Crippen molar-refractivity contribution in [3.05, 3.63) is 24.0 Å². The van der Waals surface area contributed by atoms with E-state index < -0.39 is 5.97 Å². The van der Waals surface area contributed by atoms with Crippen LogP contribution in [0.15, 0.2) is 18.3 Å². The minimum atomic E-state index is -1.04. The number of ether oxygens (including phenoxy) is 1. The van der Waals surface area contributed by atoms with Gasteiger partial charge in [-0.25, -0.2) is 4.79 Å². The number of nitrogens with one attached hydrogen (secondary N) is 1. The second kappa shape index (κ2) is 6.70. The van der Waals surface area contributed by atoms with Crippen LogP contribution in [0.25, 0.3) is 0 Å². The highest BCUT2D eigenvalue weighted by Crippen LogP contribution is 2.01. The molecule has 1 rings (SSSR count). The van der Waals surface area contributed by atoms with Crippen LogP contribution in [0.1, 0.15) is 17.4 Å². The van der Waals surface area contributed by atoms with Crippen LogP contribution in [-0.4, -0.2) is 41.3 Å². The number of aromatic carboxylic acids is 1. The number of aromatic nitrogens is 1. The summed E-state index contributed by atoms with van der Waals surface area (Å²) in [5.74, 6) is -1.28. The Morgan fingerprint density at radius 2 is 2.29 bits per heavy atom. The van der Waals surface area contributed by atoms with Gasteiger partial charge in [-0.3, -0.25) is 4.79 Å². The SMILES string of the molecule is CCOCCNC(=O)Cn1cccc1C(=O)O. The van der Waals surface area contributed by atoms with Gasteiger partial charge in [0.05, 0.1) is 6.61 Å². The molecule has 0 aromatic carbocycles. The molecule has 1 aromatic heterocycles. The van der Waals surface area contributed by atoms with Crippen LogP contribution in [0.5, 0.6) is 0 Å². The number of nitrogens with zero attached hydrogens (tertiary/aromatic N) is 1. The smallest absolute Gasteiger partial charge is 0.352 e. The van der Waals surface area contributed by atoms with E-state index in [0.29, 0.717) is 19.8 Å². The van der Waals surface area contributed by atoms with Gasteiger partial charge in [0.25, 0.3) is 0 Å². The van der Waals surface area contributed by atoms with Gasteiger partial charge in [0.2, 0.25) is 5.91 Å². The number of carbonyl (C=O) groups excluding carboxylic acids is 1. The fourth-order valence-electron chi connectivity index (χ4n) is 1.36. The average Bonchev–Trinajstić information content (AvgIpc) is 2.72. The van der Waals surface area contributed by atoms with E-state index in [1.165, 1.54) is 10.6 Å². The molecule has 0 saturated heterocycles. The van der Waals surface area contributed by atoms with E-state index in [0.717, 1.165) is 0 Å². The molecule has 1 heterocycles. The lowest BCUT2D eigenvalue weighted by molar-refractivity contribution is -0.121. The minimum Gasteiger partial charge on any atom is -0.477 e. The maximum absolute atomic E-state index is 11.5. The molecule has 0 aliphatic rings. The van der Waals surface area contributed by atoms with Gasteiger partial charge in [-0.15, -0.1) is 0 Å². The molecule has 1 amide bonds. The van der Waals surface area contributed by atoms with Crippen molar-refractivity contribution in [2.45, 2.75) is 13.5 Å². The number of carbonyl (C=O) groups is 2. The molecule has 0 aliphatic heterocycles. The zero-order valence-electron chi connectivity index (χ0n) is 9.68. The highest BCUT2D eigenvalue weighted by atomic mass is 16.5. The van der Waals surface area contributed by atoms with Crippen molar-refractivity contribution in [2.75, 3.05) is 19.8 Å². The van der Waals surface area contributed by atoms with E-state index in [1.807, 2.05) is 6.92 Å². The summed E-state index contributed by atoms with van der Waals surface area (Å²) in [5, 5.41) is 11.5. The largest absolute Gasteiger partial charge is 0.477 e. The summed E-state index contributed by atoms with van der Waals surface area (Å²) in [6, 6.07) is 3.05. The average molecular weight is 240 g/mol. The van der Waals surface area contributed by atoms with Crippen molar-refractivity contribution in [3.63, 3.8) is 0 Å². The van der Waals surface area contributed by atoms with E-state index in [2.05, 4.69) is 5.32 Å². The third-order valence-electron chi connectivity index (χ3n) is 2.14. The van der Waals surface area contributed by atoms with Crippen LogP contribution in [0.3, 0.4) is 0 Å². The Balaban J connectivity index is 2.40. The minimum absolute atomic E-state index is 0.000752. The van der Waals surface area contributed by atoms with Crippen molar-refractivity contribution in [1.29, 1.82) is 0 Å². The summed E-state index contributed by atoms with van der Waals surface area (Å²) in [5.41, 5.74) is 0.102. The van der Waals surface area contributed by atoms with E-state index in [-0.39, 0.29) is 18.1 Å². The van der Waals surface area contributed by atoms with E-state index in [1.54, 1.807) is 12.3 Å². The molecule has 1 aromatic rings. The van der Waals surface area contributed by atoms with Crippen LogP contribution < -0.4 is 5.32 Å². The number of hydrogen-bond donors (Lipinski definition) is 2. The van der Waals surface area contributed by atoms with Crippen molar-refractivity contribution in [3.8, 4) is 0 Å². The second-order valence-electron chi connectivity index (χ2n) is 3.37. The Bertz CT molecular complexity index is 387. The number of amides is 1. The molecule has 0 spiro atoms. The molecule has 0 bridgehead atoms. The molecule has 0 saturated carbocycles. The first-order chi connectivity index (χ1) is 8.15. The third kappa shape index (κ3) is 4.28. The highest BCUT2D eigenvalue weighted by molar-refractivity contribution is 5.86. The van der Waals surface area contributed by atoms with Crippen LogP contribution in [0, 0.1) is 0 Å². The Kier molecular flexibility index (Phi) is 5.22. The summed E-state index contributed by atoms with van der Waals surface area (Å²) >= 11 is 0. The summed E-state index contributed by atoms with van der Waals surface area (Å²) in [6.45, 7) is 3.37. The number of carboxylic acid groups (broad SMARTS) is 1. The fraction of sp³-hybridized carbons (Fsp3) is 0.455. The Morgan fingerprint density at radius 1 is 1.53 bits per heavy atom. The van der Waals surface area contributed by atoms with Gasteiger partial charge in [-0.05, 0) is 19.1 Å². The Morgan fingerprint density at radius 3 is 2.94 bits per heavy atom. The summed E-state index contributed by atoms with van der Waals surface area (Å²) in [6.07, 6.45) is 1.56. The van der Waals surface area contributed by atoms with Crippen LogP contribution >= 0.6 is 0 Å². The monoisotopic (exact) mass is 240 g/mol. The van der Waals surface area contributed by atoms with E-state index in [9.17, 15) is 9.59 Å². The number of carboxylic acids is 1. The predicted molar refractivity (Wildman–Crippen MR) is 60.9 cm³/mol. The first-order valence-electron chi connectivity index (χ1n) is 5.38. The van der Waals surface area contributed by atoms with E-state index >= 15 is 0 Å². The van der Waals surface area contributed by atoms with Crippen molar-refractivity contribution in [2.24, 2.45) is 0 Å². The van der Waals surface area contributed by atoms with Crippen molar-refractivity contribution < 1.29 is 19.4 Å². The lowest BCUT2D eigenvalue weighted by Crippen LogP contribution is -2.31. The normalized spacial score (nSPS) is 10.2. The molecular formula is C11H16N2O4. The van der Waals surface area contributed by atoms with Crippen molar-refractivity contribution in [1.82, 2.24) is 9.88 Å². The Hall–Kier alpha value is -1.82. The summed E-state index contributed by atoms with van der Waals surface area (Å²) in [7, 11) is 0. The van der Waals surface area contributed by atoms with Gasteiger partial charge in [0.15, 0.2) is 0 Å². The summed E-state index contributed by atoms with van der Waals surface area (Å²) in [4.78, 5) is 22.3. The van der Waals surface area contributed by atoms with Gasteiger partial charge in [0, 0.05) is 19.3 Å².